The first-order valence-electron chi connectivity index (χ1n) is 10.6. The number of allylic oxidation sites excluding steroid dienone is 1. The van der Waals surface area contributed by atoms with Crippen LogP contribution in [0.3, 0.4) is 0 Å². The van der Waals surface area contributed by atoms with Crippen molar-refractivity contribution in [3.63, 3.8) is 0 Å². The number of halogens is 1. The molecule has 33 heavy (non-hydrogen) atoms. The summed E-state index contributed by atoms with van der Waals surface area (Å²) in [5.74, 6) is -0.417. The number of carbonyl (C=O) groups is 2. The van der Waals surface area contributed by atoms with E-state index in [1.54, 1.807) is 28.5 Å². The molecule has 0 spiro atoms. The van der Waals surface area contributed by atoms with Gasteiger partial charge in [0.15, 0.2) is 11.0 Å². The number of thioether (sulfide) groups is 1. The van der Waals surface area contributed by atoms with E-state index in [-0.39, 0.29) is 17.2 Å². The third kappa shape index (κ3) is 4.83. The zero-order valence-corrected chi connectivity index (χ0v) is 19.0. The Bertz CT molecular complexity index is 1200. The Morgan fingerprint density at radius 1 is 1.21 bits per heavy atom. The summed E-state index contributed by atoms with van der Waals surface area (Å²) in [4.78, 5) is 27.2. The van der Waals surface area contributed by atoms with E-state index in [1.165, 1.54) is 35.5 Å². The van der Waals surface area contributed by atoms with Crippen molar-refractivity contribution < 1.29 is 14.0 Å². The molecule has 2 heterocycles. The molecule has 0 bridgehead atoms. The second kappa shape index (κ2) is 9.99. The highest BCUT2D eigenvalue weighted by atomic mass is 32.2. The number of aromatic nitrogens is 3. The number of hydrogen-bond donors (Lipinski definition) is 1. The average Bonchev–Trinajstić information content (AvgIpc) is 3.42. The molecule has 170 valence electrons. The van der Waals surface area contributed by atoms with E-state index < -0.39 is 17.8 Å². The minimum absolute atomic E-state index is 0.000516. The number of amides is 2. The van der Waals surface area contributed by atoms with Gasteiger partial charge in [-0.1, -0.05) is 48.2 Å². The molecule has 2 amide bonds. The summed E-state index contributed by atoms with van der Waals surface area (Å²) in [5.41, 5.74) is 2.10. The fourth-order valence-corrected chi connectivity index (χ4v) is 4.64. The lowest BCUT2D eigenvalue weighted by Gasteiger charge is -2.17. The highest BCUT2D eigenvalue weighted by Crippen LogP contribution is 2.29. The van der Waals surface area contributed by atoms with Gasteiger partial charge >= 0.3 is 0 Å². The van der Waals surface area contributed by atoms with Crippen LogP contribution in [0.4, 0.5) is 10.1 Å². The first-order chi connectivity index (χ1) is 16.0. The van der Waals surface area contributed by atoms with Gasteiger partial charge in [-0.05, 0) is 37.1 Å². The highest BCUT2D eigenvalue weighted by Gasteiger charge is 2.26. The Morgan fingerprint density at radius 2 is 1.97 bits per heavy atom. The zero-order valence-electron chi connectivity index (χ0n) is 18.2. The van der Waals surface area contributed by atoms with Crippen LogP contribution in [0, 0.1) is 5.82 Å². The lowest BCUT2D eigenvalue weighted by Crippen LogP contribution is -2.30. The molecule has 2 aromatic carbocycles. The number of hydrogen-bond acceptors (Lipinski definition) is 5. The zero-order chi connectivity index (χ0) is 23.4. The van der Waals surface area contributed by atoms with E-state index in [2.05, 4.69) is 22.1 Å². The van der Waals surface area contributed by atoms with Crippen molar-refractivity contribution in [3.05, 3.63) is 84.0 Å². The number of fused-ring (bicyclic) bond motifs is 1. The lowest BCUT2D eigenvalue weighted by molar-refractivity contribution is -0.116. The topological polar surface area (TPSA) is 80.1 Å². The molecule has 4 rings (SSSR count). The maximum atomic E-state index is 13.9. The van der Waals surface area contributed by atoms with Gasteiger partial charge in [0.25, 0.3) is 5.91 Å². The molecule has 0 aliphatic carbocycles. The van der Waals surface area contributed by atoms with Crippen LogP contribution < -0.4 is 10.2 Å². The van der Waals surface area contributed by atoms with Gasteiger partial charge in [0.05, 0.1) is 17.4 Å². The summed E-state index contributed by atoms with van der Waals surface area (Å²) in [5, 5.41) is 11.8. The molecule has 0 saturated carbocycles. The van der Waals surface area contributed by atoms with Crippen molar-refractivity contribution in [3.8, 4) is 0 Å². The summed E-state index contributed by atoms with van der Waals surface area (Å²) in [6.45, 7) is 6.61. The Hall–Kier alpha value is -3.46. The molecule has 7 nitrogen and oxygen atoms in total. The SMILES string of the molecule is C=CCn1c(SCC(=O)N2CCc3ccccc32)nnc1[C@H](C)NC(=O)c1ccccc1F. The molecule has 1 N–H and O–H groups in total. The maximum absolute atomic E-state index is 13.9. The van der Waals surface area contributed by atoms with Crippen LogP contribution in [-0.2, 0) is 17.8 Å². The number of anilines is 1. The van der Waals surface area contributed by atoms with E-state index in [0.29, 0.717) is 24.1 Å². The van der Waals surface area contributed by atoms with E-state index in [4.69, 9.17) is 0 Å². The molecule has 1 atom stereocenters. The second-order valence-corrected chi connectivity index (χ2v) is 8.57. The number of para-hydroxylation sites is 1. The first-order valence-corrected chi connectivity index (χ1v) is 11.6. The number of benzene rings is 2. The van der Waals surface area contributed by atoms with E-state index >= 15 is 0 Å². The average molecular weight is 466 g/mol. The quantitative estimate of drug-likeness (QED) is 0.405. The molecule has 1 aromatic heterocycles. The molecule has 0 saturated heterocycles. The monoisotopic (exact) mass is 465 g/mol. The first kappa shape index (κ1) is 22.7. The number of nitrogens with zero attached hydrogens (tertiary/aromatic N) is 4. The highest BCUT2D eigenvalue weighted by molar-refractivity contribution is 7.99. The van der Waals surface area contributed by atoms with E-state index in [1.807, 2.05) is 24.3 Å². The number of rotatable bonds is 8. The van der Waals surface area contributed by atoms with Gasteiger partial charge in [-0.15, -0.1) is 16.8 Å². The molecule has 0 unspecified atom stereocenters. The smallest absolute Gasteiger partial charge is 0.254 e. The minimum atomic E-state index is -0.590. The van der Waals surface area contributed by atoms with Gasteiger partial charge in [-0.25, -0.2) is 4.39 Å². The van der Waals surface area contributed by atoms with Crippen molar-refractivity contribution in [1.82, 2.24) is 20.1 Å². The largest absolute Gasteiger partial charge is 0.342 e. The molecular weight excluding hydrogens is 441 g/mol. The van der Waals surface area contributed by atoms with Crippen LogP contribution >= 0.6 is 11.8 Å². The molecule has 1 aliphatic heterocycles. The number of carbonyl (C=O) groups excluding carboxylic acids is 2. The fraction of sp³-hybridized carbons (Fsp3) is 0.250. The molecule has 3 aromatic rings. The van der Waals surface area contributed by atoms with Crippen molar-refractivity contribution in [2.45, 2.75) is 31.1 Å². The van der Waals surface area contributed by atoms with Crippen LogP contribution in [0.15, 0.2) is 66.3 Å². The van der Waals surface area contributed by atoms with Crippen LogP contribution in [0.1, 0.15) is 34.7 Å². The summed E-state index contributed by atoms with van der Waals surface area (Å²) in [7, 11) is 0. The Kier molecular flexibility index (Phi) is 6.88. The summed E-state index contributed by atoms with van der Waals surface area (Å²) in [6.07, 6.45) is 2.55. The van der Waals surface area contributed by atoms with Gasteiger partial charge in [0.1, 0.15) is 5.82 Å². The van der Waals surface area contributed by atoms with Gasteiger partial charge < -0.3 is 14.8 Å². The summed E-state index contributed by atoms with van der Waals surface area (Å²) < 4.78 is 15.7. The maximum Gasteiger partial charge on any atom is 0.254 e. The molecular formula is C24H24FN5O2S. The van der Waals surface area contributed by atoms with Crippen molar-refractivity contribution in [2.24, 2.45) is 0 Å². The molecule has 0 fully saturated rings. The molecule has 9 heteroatoms. The third-order valence-corrected chi connectivity index (χ3v) is 6.37. The fourth-order valence-electron chi connectivity index (χ4n) is 3.81. The summed E-state index contributed by atoms with van der Waals surface area (Å²) in [6, 6.07) is 13.2. The van der Waals surface area contributed by atoms with Crippen molar-refractivity contribution in [2.75, 3.05) is 17.2 Å². The van der Waals surface area contributed by atoms with Crippen LogP contribution in [-0.4, -0.2) is 38.9 Å². The standard InChI is InChI=1S/C24H24FN5O2S/c1-3-13-30-22(16(2)26-23(32)18-9-5-6-10-19(18)25)27-28-24(30)33-15-21(31)29-14-12-17-8-4-7-11-20(17)29/h3-11,16H,1,12-15H2,2H3,(H,26,32)/t16-/m0/s1. The van der Waals surface area contributed by atoms with Gasteiger partial charge in [0, 0.05) is 18.8 Å². The van der Waals surface area contributed by atoms with Crippen LogP contribution in [0.25, 0.3) is 0 Å². The van der Waals surface area contributed by atoms with E-state index in [0.717, 1.165) is 12.1 Å². The Balaban J connectivity index is 1.45. The lowest BCUT2D eigenvalue weighted by atomic mass is 10.2. The minimum Gasteiger partial charge on any atom is -0.342 e. The van der Waals surface area contributed by atoms with Gasteiger partial charge in [-0.2, -0.15) is 0 Å². The predicted octanol–water partition coefficient (Wildman–Crippen LogP) is 3.78. The normalized spacial score (nSPS) is 13.5. The Morgan fingerprint density at radius 3 is 2.76 bits per heavy atom. The van der Waals surface area contributed by atoms with E-state index in [9.17, 15) is 14.0 Å². The van der Waals surface area contributed by atoms with Crippen molar-refractivity contribution >= 4 is 29.3 Å². The van der Waals surface area contributed by atoms with Crippen molar-refractivity contribution in [1.29, 1.82) is 0 Å². The van der Waals surface area contributed by atoms with Gasteiger partial charge in [0.2, 0.25) is 5.91 Å². The third-order valence-electron chi connectivity index (χ3n) is 5.42. The molecule has 0 radical (unpaired) electrons. The molecule has 1 aliphatic rings. The number of nitrogens with one attached hydrogen (secondary N) is 1. The second-order valence-electron chi connectivity index (χ2n) is 7.63. The van der Waals surface area contributed by atoms with Crippen LogP contribution in [0.5, 0.6) is 0 Å². The summed E-state index contributed by atoms with van der Waals surface area (Å²) >= 11 is 1.29. The Labute approximate surface area is 195 Å². The van der Waals surface area contributed by atoms with Gasteiger partial charge in [-0.3, -0.25) is 9.59 Å². The van der Waals surface area contributed by atoms with Crippen LogP contribution in [0.2, 0.25) is 0 Å². The predicted molar refractivity (Wildman–Crippen MR) is 126 cm³/mol.